The summed E-state index contributed by atoms with van der Waals surface area (Å²) in [6.07, 6.45) is 2.24. The maximum atomic E-state index is 4.25. The van der Waals surface area contributed by atoms with E-state index in [2.05, 4.69) is 60.3 Å². The van der Waals surface area contributed by atoms with E-state index >= 15 is 0 Å². The van der Waals surface area contributed by atoms with E-state index < -0.39 is 0 Å². The minimum absolute atomic E-state index is 0.381. The fourth-order valence-electron chi connectivity index (χ4n) is 2.38. The molecule has 3 nitrogen and oxygen atoms in total. The number of hydrogen-bond acceptors (Lipinski definition) is 3. The maximum absolute atomic E-state index is 4.25. The number of nitrogens with zero attached hydrogens (tertiary/aromatic N) is 1. The molecule has 0 aliphatic heterocycles. The Morgan fingerprint density at radius 1 is 1.30 bits per heavy atom. The average Bonchev–Trinajstić information content (AvgIpc) is 2.47. The summed E-state index contributed by atoms with van der Waals surface area (Å²) in [6.45, 7) is 9.41. The topological polar surface area (TPSA) is 27.3 Å². The van der Waals surface area contributed by atoms with Gasteiger partial charge in [-0.2, -0.15) is 0 Å². The van der Waals surface area contributed by atoms with E-state index in [0.717, 1.165) is 31.8 Å². The van der Waals surface area contributed by atoms with Crippen LogP contribution in [0.25, 0.3) is 0 Å². The van der Waals surface area contributed by atoms with Crippen LogP contribution >= 0.6 is 0 Å². The highest BCUT2D eigenvalue weighted by Crippen LogP contribution is 2.11. The average molecular weight is 275 g/mol. The van der Waals surface area contributed by atoms with Crippen molar-refractivity contribution in [2.24, 2.45) is 0 Å². The first kappa shape index (κ1) is 16.7. The molecule has 0 bridgehead atoms. The fraction of sp³-hybridized carbons (Fsp3) is 0.529. The third kappa shape index (κ3) is 5.76. The van der Waals surface area contributed by atoms with Crippen molar-refractivity contribution in [3.8, 4) is 0 Å². The smallest absolute Gasteiger partial charge is 0.0498 e. The minimum Gasteiger partial charge on any atom is -0.383 e. The summed E-state index contributed by atoms with van der Waals surface area (Å²) in [5.41, 5.74) is 2.40. The lowest BCUT2D eigenvalue weighted by molar-refractivity contribution is 0.251. The minimum atomic E-state index is 0.381. The molecule has 0 heterocycles. The molecular weight excluding hydrogens is 246 g/mol. The third-order valence-corrected chi connectivity index (χ3v) is 3.54. The van der Waals surface area contributed by atoms with Crippen LogP contribution in [0.3, 0.4) is 0 Å². The van der Waals surface area contributed by atoms with Crippen LogP contribution in [-0.2, 0) is 6.54 Å². The van der Waals surface area contributed by atoms with Crippen LogP contribution in [0.1, 0.15) is 25.3 Å². The van der Waals surface area contributed by atoms with Crippen molar-refractivity contribution in [1.29, 1.82) is 0 Å². The van der Waals surface area contributed by atoms with Crippen LogP contribution in [0.15, 0.2) is 42.6 Å². The molecule has 1 rings (SSSR count). The first-order chi connectivity index (χ1) is 9.69. The van der Waals surface area contributed by atoms with Gasteiger partial charge >= 0.3 is 0 Å². The molecule has 0 saturated carbocycles. The zero-order valence-corrected chi connectivity index (χ0v) is 13.2. The van der Waals surface area contributed by atoms with E-state index in [0.29, 0.717) is 6.04 Å². The molecule has 112 valence electrons. The zero-order chi connectivity index (χ0) is 14.8. The Kier molecular flexibility index (Phi) is 8.00. The largest absolute Gasteiger partial charge is 0.383 e. The Morgan fingerprint density at radius 3 is 2.60 bits per heavy atom. The van der Waals surface area contributed by atoms with Gasteiger partial charge in [-0.05, 0) is 45.6 Å². The summed E-state index contributed by atoms with van der Waals surface area (Å²) in [5.74, 6) is 0. The van der Waals surface area contributed by atoms with Gasteiger partial charge in [0.2, 0.25) is 0 Å². The molecule has 1 unspecified atom stereocenters. The second-order valence-corrected chi connectivity index (χ2v) is 5.25. The van der Waals surface area contributed by atoms with E-state index in [1.54, 1.807) is 0 Å². The van der Waals surface area contributed by atoms with Crippen LogP contribution in [0.2, 0.25) is 0 Å². The molecule has 0 aliphatic carbocycles. The van der Waals surface area contributed by atoms with Gasteiger partial charge in [-0.1, -0.05) is 43.8 Å². The SMILES string of the molecule is C=C(NCc1ccccc1)C(CCNC)N(C)CCC. The standard InChI is InChI=1S/C17H29N3/c1-5-13-20(4)17(11-12-18-3)15(2)19-14-16-9-7-6-8-10-16/h6-10,17-19H,2,5,11-14H2,1,3-4H3. The van der Waals surface area contributed by atoms with Crippen molar-refractivity contribution < 1.29 is 0 Å². The summed E-state index contributed by atoms with van der Waals surface area (Å²) in [5, 5.41) is 6.71. The summed E-state index contributed by atoms with van der Waals surface area (Å²) in [7, 11) is 4.18. The summed E-state index contributed by atoms with van der Waals surface area (Å²) < 4.78 is 0. The van der Waals surface area contributed by atoms with Gasteiger partial charge in [0, 0.05) is 18.3 Å². The van der Waals surface area contributed by atoms with E-state index in [4.69, 9.17) is 0 Å². The van der Waals surface area contributed by atoms with Gasteiger partial charge in [0.05, 0.1) is 0 Å². The zero-order valence-electron chi connectivity index (χ0n) is 13.2. The molecule has 0 radical (unpaired) electrons. The molecule has 1 atom stereocenters. The highest BCUT2D eigenvalue weighted by atomic mass is 15.2. The van der Waals surface area contributed by atoms with E-state index in [9.17, 15) is 0 Å². The van der Waals surface area contributed by atoms with Gasteiger partial charge in [0.25, 0.3) is 0 Å². The molecule has 0 fully saturated rings. The molecule has 20 heavy (non-hydrogen) atoms. The first-order valence-corrected chi connectivity index (χ1v) is 7.50. The summed E-state index contributed by atoms with van der Waals surface area (Å²) in [4.78, 5) is 2.39. The first-order valence-electron chi connectivity index (χ1n) is 7.50. The monoisotopic (exact) mass is 275 g/mol. The predicted molar refractivity (Wildman–Crippen MR) is 87.7 cm³/mol. The second-order valence-electron chi connectivity index (χ2n) is 5.25. The van der Waals surface area contributed by atoms with E-state index in [1.165, 1.54) is 12.0 Å². The third-order valence-electron chi connectivity index (χ3n) is 3.54. The van der Waals surface area contributed by atoms with Crippen molar-refractivity contribution in [3.05, 3.63) is 48.2 Å². The predicted octanol–water partition coefficient (Wildman–Crippen LogP) is 2.61. The molecule has 2 N–H and O–H groups in total. The molecule has 3 heteroatoms. The molecule has 1 aromatic carbocycles. The lowest BCUT2D eigenvalue weighted by Crippen LogP contribution is -2.39. The van der Waals surface area contributed by atoms with Gasteiger partial charge in [-0.25, -0.2) is 0 Å². The highest BCUT2D eigenvalue weighted by molar-refractivity contribution is 5.16. The Balaban J connectivity index is 2.53. The lowest BCUT2D eigenvalue weighted by Gasteiger charge is -2.30. The van der Waals surface area contributed by atoms with Crippen molar-refractivity contribution in [2.45, 2.75) is 32.4 Å². The van der Waals surface area contributed by atoms with Gasteiger partial charge in [-0.15, -0.1) is 0 Å². The van der Waals surface area contributed by atoms with E-state index in [1.807, 2.05) is 13.1 Å². The van der Waals surface area contributed by atoms with E-state index in [-0.39, 0.29) is 0 Å². The quantitative estimate of drug-likeness (QED) is 0.687. The molecule has 0 aromatic heterocycles. The second kappa shape index (κ2) is 9.56. The fourth-order valence-corrected chi connectivity index (χ4v) is 2.38. The van der Waals surface area contributed by atoms with Gasteiger partial charge in [0.15, 0.2) is 0 Å². The summed E-state index contributed by atoms with van der Waals surface area (Å²) >= 11 is 0. The highest BCUT2D eigenvalue weighted by Gasteiger charge is 2.16. The number of rotatable bonds is 10. The Labute approximate surface area is 124 Å². The number of likely N-dealkylation sites (N-methyl/N-ethyl adjacent to an activating group) is 1. The normalized spacial score (nSPS) is 12.4. The van der Waals surface area contributed by atoms with Crippen molar-refractivity contribution in [3.63, 3.8) is 0 Å². The van der Waals surface area contributed by atoms with Gasteiger partial charge in [-0.3, -0.25) is 4.90 Å². The van der Waals surface area contributed by atoms with Crippen molar-refractivity contribution >= 4 is 0 Å². The Morgan fingerprint density at radius 2 is 2.00 bits per heavy atom. The molecule has 0 amide bonds. The van der Waals surface area contributed by atoms with Gasteiger partial charge in [0.1, 0.15) is 0 Å². The van der Waals surface area contributed by atoms with Crippen LogP contribution in [0.4, 0.5) is 0 Å². The molecular formula is C17H29N3. The Bertz CT molecular complexity index is 375. The number of nitrogens with one attached hydrogen (secondary N) is 2. The molecule has 1 aromatic rings. The molecule has 0 aliphatic rings. The van der Waals surface area contributed by atoms with Crippen LogP contribution in [0, 0.1) is 0 Å². The lowest BCUT2D eigenvalue weighted by atomic mass is 10.1. The van der Waals surface area contributed by atoms with Gasteiger partial charge < -0.3 is 10.6 Å². The van der Waals surface area contributed by atoms with Crippen molar-refractivity contribution in [1.82, 2.24) is 15.5 Å². The maximum Gasteiger partial charge on any atom is 0.0498 e. The van der Waals surface area contributed by atoms with Crippen LogP contribution in [-0.4, -0.2) is 38.1 Å². The molecule has 0 saturated heterocycles. The Hall–Kier alpha value is -1.32. The number of hydrogen-bond donors (Lipinski definition) is 2. The van der Waals surface area contributed by atoms with Crippen molar-refractivity contribution in [2.75, 3.05) is 27.2 Å². The molecule has 0 spiro atoms. The summed E-state index contributed by atoms with van der Waals surface area (Å²) in [6, 6.07) is 10.8. The van der Waals surface area contributed by atoms with Crippen LogP contribution in [0.5, 0.6) is 0 Å². The number of benzene rings is 1. The van der Waals surface area contributed by atoms with Crippen LogP contribution < -0.4 is 10.6 Å².